The third kappa shape index (κ3) is 4.95. The molecule has 0 spiro atoms. The maximum absolute atomic E-state index is 5.35. The molecule has 1 aromatic heterocycles. The molecular weight excluding hydrogens is 332 g/mol. The summed E-state index contributed by atoms with van der Waals surface area (Å²) >= 11 is 0. The van der Waals surface area contributed by atoms with Gasteiger partial charge in [-0.15, -0.1) is 0 Å². The fourth-order valence-electron chi connectivity index (χ4n) is 4.37. The molecule has 0 bridgehead atoms. The summed E-state index contributed by atoms with van der Waals surface area (Å²) in [6.07, 6.45) is 9.10. The molecule has 3 nitrogen and oxygen atoms in total. The molecule has 0 fully saturated rings. The van der Waals surface area contributed by atoms with Crippen LogP contribution in [0.5, 0.6) is 5.75 Å². The van der Waals surface area contributed by atoms with Gasteiger partial charge in [0.1, 0.15) is 5.75 Å². The number of methoxy groups -OCH3 is 1. The summed E-state index contributed by atoms with van der Waals surface area (Å²) in [6.45, 7) is 9.11. The van der Waals surface area contributed by atoms with E-state index in [1.807, 2.05) is 0 Å². The van der Waals surface area contributed by atoms with Crippen molar-refractivity contribution < 1.29 is 4.74 Å². The quantitative estimate of drug-likeness (QED) is 0.607. The van der Waals surface area contributed by atoms with Crippen LogP contribution in [0.3, 0.4) is 0 Å². The summed E-state index contributed by atoms with van der Waals surface area (Å²) in [5, 5.41) is 0. The molecule has 1 heterocycles. The minimum atomic E-state index is 0.928. The minimum Gasteiger partial charge on any atom is -0.497 e. The van der Waals surface area contributed by atoms with Crippen LogP contribution in [-0.4, -0.2) is 36.2 Å². The molecule has 3 rings (SSSR count). The Labute approximate surface area is 165 Å². The number of hydrogen-bond acceptors (Lipinski definition) is 2. The van der Waals surface area contributed by atoms with E-state index in [9.17, 15) is 0 Å². The van der Waals surface area contributed by atoms with Crippen LogP contribution in [0.15, 0.2) is 30.3 Å². The lowest BCUT2D eigenvalue weighted by Gasteiger charge is -2.20. The fourth-order valence-corrected chi connectivity index (χ4v) is 4.37. The molecule has 0 unspecified atom stereocenters. The second kappa shape index (κ2) is 9.98. The Kier molecular flexibility index (Phi) is 7.40. The van der Waals surface area contributed by atoms with Gasteiger partial charge in [0.2, 0.25) is 0 Å². The highest BCUT2D eigenvalue weighted by Gasteiger charge is 2.17. The van der Waals surface area contributed by atoms with Crippen molar-refractivity contribution in [2.45, 2.75) is 65.3 Å². The first-order valence-corrected chi connectivity index (χ1v) is 10.8. The van der Waals surface area contributed by atoms with E-state index in [1.165, 1.54) is 62.7 Å². The summed E-state index contributed by atoms with van der Waals surface area (Å²) < 4.78 is 7.98. The highest BCUT2D eigenvalue weighted by atomic mass is 16.5. The fraction of sp³-hybridized carbons (Fsp3) is 0.583. The molecule has 2 aromatic rings. The smallest absolute Gasteiger partial charge is 0.118 e. The Morgan fingerprint density at radius 2 is 1.67 bits per heavy atom. The number of ether oxygens (including phenoxy) is 1. The Hall–Kier alpha value is -1.74. The van der Waals surface area contributed by atoms with E-state index < -0.39 is 0 Å². The van der Waals surface area contributed by atoms with Gasteiger partial charge in [-0.3, -0.25) is 0 Å². The standard InChI is InChI=1S/C24H36N2O/c1-4-25(5-2)17-10-18-26-23-12-9-7-6-8-11-21(23)19-24(26)20-13-15-22(27-3)16-14-20/h13-16,19H,4-12,17-18H2,1-3H3. The zero-order valence-corrected chi connectivity index (χ0v) is 17.5. The van der Waals surface area contributed by atoms with Gasteiger partial charge in [-0.25, -0.2) is 0 Å². The van der Waals surface area contributed by atoms with Crippen LogP contribution in [0.4, 0.5) is 0 Å². The summed E-state index contributed by atoms with van der Waals surface area (Å²) in [5.74, 6) is 0.928. The van der Waals surface area contributed by atoms with Gasteiger partial charge in [0, 0.05) is 17.9 Å². The normalized spacial score (nSPS) is 14.7. The predicted octanol–water partition coefficient (Wildman–Crippen LogP) is 5.55. The first-order valence-electron chi connectivity index (χ1n) is 10.8. The Balaban J connectivity index is 1.88. The molecule has 3 heteroatoms. The van der Waals surface area contributed by atoms with E-state index >= 15 is 0 Å². The molecule has 0 saturated heterocycles. The van der Waals surface area contributed by atoms with E-state index in [0.717, 1.165) is 25.4 Å². The lowest BCUT2D eigenvalue weighted by molar-refractivity contribution is 0.293. The first kappa shape index (κ1) is 20.0. The van der Waals surface area contributed by atoms with Crippen molar-refractivity contribution in [3.63, 3.8) is 0 Å². The number of rotatable bonds is 8. The zero-order chi connectivity index (χ0) is 19.1. The lowest BCUT2D eigenvalue weighted by atomic mass is 9.98. The second-order valence-electron chi connectivity index (χ2n) is 7.68. The van der Waals surface area contributed by atoms with Crippen molar-refractivity contribution in [1.82, 2.24) is 9.47 Å². The third-order valence-corrected chi connectivity index (χ3v) is 6.04. The number of benzene rings is 1. The van der Waals surface area contributed by atoms with Gasteiger partial charge in [0.05, 0.1) is 7.11 Å². The summed E-state index contributed by atoms with van der Waals surface area (Å²) in [5.41, 5.74) is 5.89. The van der Waals surface area contributed by atoms with Crippen LogP contribution < -0.4 is 4.74 Å². The number of hydrogen-bond donors (Lipinski definition) is 0. The molecule has 27 heavy (non-hydrogen) atoms. The van der Waals surface area contributed by atoms with Gasteiger partial charge in [-0.05, 0) is 93.2 Å². The molecule has 0 N–H and O–H groups in total. The van der Waals surface area contributed by atoms with Gasteiger partial charge in [-0.2, -0.15) is 0 Å². The molecule has 148 valence electrons. The monoisotopic (exact) mass is 368 g/mol. The van der Waals surface area contributed by atoms with E-state index in [4.69, 9.17) is 4.74 Å². The van der Waals surface area contributed by atoms with E-state index in [1.54, 1.807) is 18.4 Å². The molecule has 0 amide bonds. The number of aromatic nitrogens is 1. The van der Waals surface area contributed by atoms with E-state index in [0.29, 0.717) is 0 Å². The maximum Gasteiger partial charge on any atom is 0.118 e. The van der Waals surface area contributed by atoms with Crippen molar-refractivity contribution in [2.75, 3.05) is 26.7 Å². The number of nitrogens with zero attached hydrogens (tertiary/aromatic N) is 2. The molecule has 1 aliphatic carbocycles. The highest BCUT2D eigenvalue weighted by Crippen LogP contribution is 2.31. The Morgan fingerprint density at radius 3 is 2.33 bits per heavy atom. The highest BCUT2D eigenvalue weighted by molar-refractivity contribution is 5.63. The Morgan fingerprint density at radius 1 is 0.963 bits per heavy atom. The molecule has 1 aliphatic rings. The molecule has 0 atom stereocenters. The van der Waals surface area contributed by atoms with Crippen LogP contribution in [0.1, 0.15) is 57.2 Å². The van der Waals surface area contributed by atoms with Crippen molar-refractivity contribution >= 4 is 0 Å². The van der Waals surface area contributed by atoms with Gasteiger partial charge in [0.25, 0.3) is 0 Å². The largest absolute Gasteiger partial charge is 0.497 e. The van der Waals surface area contributed by atoms with Gasteiger partial charge < -0.3 is 14.2 Å². The SMILES string of the molecule is CCN(CC)CCCn1c(-c2ccc(OC)cc2)cc2c1CCCCCC2. The predicted molar refractivity (Wildman–Crippen MR) is 115 cm³/mol. The number of aryl methyl sites for hydroxylation is 1. The Bertz CT molecular complexity index is 698. The van der Waals surface area contributed by atoms with Crippen LogP contribution >= 0.6 is 0 Å². The van der Waals surface area contributed by atoms with Crippen LogP contribution in [0, 0.1) is 0 Å². The van der Waals surface area contributed by atoms with Gasteiger partial charge >= 0.3 is 0 Å². The van der Waals surface area contributed by atoms with Gasteiger partial charge in [0.15, 0.2) is 0 Å². The summed E-state index contributed by atoms with van der Waals surface area (Å²) in [7, 11) is 1.73. The molecule has 0 aliphatic heterocycles. The molecule has 1 aromatic carbocycles. The minimum absolute atomic E-state index is 0.928. The topological polar surface area (TPSA) is 17.4 Å². The lowest BCUT2D eigenvalue weighted by Crippen LogP contribution is -2.25. The van der Waals surface area contributed by atoms with Crippen molar-refractivity contribution in [3.05, 3.63) is 41.6 Å². The molecule has 0 radical (unpaired) electrons. The second-order valence-corrected chi connectivity index (χ2v) is 7.68. The zero-order valence-electron chi connectivity index (χ0n) is 17.5. The average molecular weight is 369 g/mol. The maximum atomic E-state index is 5.35. The van der Waals surface area contributed by atoms with E-state index in [2.05, 4.69) is 53.6 Å². The van der Waals surface area contributed by atoms with Crippen molar-refractivity contribution in [2.24, 2.45) is 0 Å². The molecule has 0 saturated carbocycles. The van der Waals surface area contributed by atoms with Crippen LogP contribution in [0.2, 0.25) is 0 Å². The van der Waals surface area contributed by atoms with E-state index in [-0.39, 0.29) is 0 Å². The molecular formula is C24H36N2O. The van der Waals surface area contributed by atoms with Crippen molar-refractivity contribution in [1.29, 1.82) is 0 Å². The first-order chi connectivity index (χ1) is 13.3. The number of fused-ring (bicyclic) bond motifs is 1. The van der Waals surface area contributed by atoms with Crippen molar-refractivity contribution in [3.8, 4) is 17.0 Å². The van der Waals surface area contributed by atoms with Gasteiger partial charge in [-0.1, -0.05) is 26.7 Å². The van der Waals surface area contributed by atoms with Crippen LogP contribution in [-0.2, 0) is 19.4 Å². The average Bonchev–Trinajstić information content (AvgIpc) is 3.01. The summed E-state index contributed by atoms with van der Waals surface area (Å²) in [4.78, 5) is 2.53. The summed E-state index contributed by atoms with van der Waals surface area (Å²) in [6, 6.07) is 11.1. The van der Waals surface area contributed by atoms with Crippen LogP contribution in [0.25, 0.3) is 11.3 Å². The third-order valence-electron chi connectivity index (χ3n) is 6.04.